The monoisotopic (exact) mass is 248 g/mol. The molecule has 2 rings (SSSR count). The molecule has 0 unspecified atom stereocenters. The maximum atomic E-state index is 11.4. The van der Waals surface area contributed by atoms with Gasteiger partial charge < -0.3 is 10.0 Å². The first kappa shape index (κ1) is 11.8. The fourth-order valence-corrected chi connectivity index (χ4v) is 4.17. The zero-order valence-corrected chi connectivity index (χ0v) is 9.77. The molecule has 2 atom stereocenters. The largest absolute Gasteiger partial charge is 0.390 e. The lowest BCUT2D eigenvalue weighted by molar-refractivity contribution is -0.120. The Morgan fingerprint density at radius 2 is 1.75 bits per heavy atom. The summed E-state index contributed by atoms with van der Waals surface area (Å²) in [6.07, 6.45) is 0.0203. The number of piperazine rings is 1. The number of hydrogen-bond acceptors (Lipinski definition) is 5. The molecule has 0 spiro atoms. The SMILES string of the molecule is O=CN1CCN([C@H]2CS(=O)(=O)C[C@@H]2O)CC1. The topological polar surface area (TPSA) is 77.9 Å². The molecule has 0 bridgehead atoms. The number of carbonyl (C=O) groups is 1. The van der Waals surface area contributed by atoms with Gasteiger partial charge in [0.25, 0.3) is 0 Å². The van der Waals surface area contributed by atoms with E-state index in [-0.39, 0.29) is 17.5 Å². The molecule has 2 aliphatic heterocycles. The van der Waals surface area contributed by atoms with Crippen LogP contribution in [0.3, 0.4) is 0 Å². The fourth-order valence-electron chi connectivity index (χ4n) is 2.33. The highest BCUT2D eigenvalue weighted by atomic mass is 32.2. The summed E-state index contributed by atoms with van der Waals surface area (Å²) >= 11 is 0. The third-order valence-corrected chi connectivity index (χ3v) is 4.96. The first-order valence-electron chi connectivity index (χ1n) is 5.34. The van der Waals surface area contributed by atoms with Gasteiger partial charge in [-0.15, -0.1) is 0 Å². The summed E-state index contributed by atoms with van der Waals surface area (Å²) in [7, 11) is -3.09. The Bertz CT molecular complexity index is 362. The molecule has 0 aromatic rings. The molecule has 2 saturated heterocycles. The fraction of sp³-hybridized carbons (Fsp3) is 0.889. The van der Waals surface area contributed by atoms with E-state index in [4.69, 9.17) is 0 Å². The average molecular weight is 248 g/mol. The van der Waals surface area contributed by atoms with Gasteiger partial charge in [0.1, 0.15) is 0 Å². The zero-order valence-electron chi connectivity index (χ0n) is 8.95. The minimum Gasteiger partial charge on any atom is -0.390 e. The molecule has 6 nitrogen and oxygen atoms in total. The highest BCUT2D eigenvalue weighted by Gasteiger charge is 2.40. The van der Waals surface area contributed by atoms with E-state index in [1.807, 2.05) is 4.90 Å². The number of nitrogens with zero attached hydrogens (tertiary/aromatic N) is 2. The Morgan fingerprint density at radius 1 is 1.12 bits per heavy atom. The molecule has 2 aliphatic rings. The Morgan fingerprint density at radius 3 is 2.19 bits per heavy atom. The number of aliphatic hydroxyl groups is 1. The summed E-state index contributed by atoms with van der Waals surface area (Å²) in [4.78, 5) is 14.1. The first-order valence-corrected chi connectivity index (χ1v) is 7.16. The van der Waals surface area contributed by atoms with Crippen molar-refractivity contribution >= 4 is 16.2 Å². The van der Waals surface area contributed by atoms with Crippen molar-refractivity contribution in [1.29, 1.82) is 0 Å². The van der Waals surface area contributed by atoms with Crippen LogP contribution in [0.5, 0.6) is 0 Å². The average Bonchev–Trinajstić information content (AvgIpc) is 2.52. The van der Waals surface area contributed by atoms with E-state index in [0.29, 0.717) is 26.2 Å². The molecule has 0 aliphatic carbocycles. The van der Waals surface area contributed by atoms with Gasteiger partial charge in [0.05, 0.1) is 23.7 Å². The van der Waals surface area contributed by atoms with Gasteiger partial charge in [0.15, 0.2) is 9.84 Å². The van der Waals surface area contributed by atoms with E-state index in [2.05, 4.69) is 0 Å². The minimum absolute atomic E-state index is 0.0370. The lowest BCUT2D eigenvalue weighted by atomic mass is 10.1. The standard InChI is InChI=1S/C9H16N2O4S/c12-7-10-1-3-11(4-2-10)8-5-16(14,15)6-9(8)13/h7-9,13H,1-6H2/t8-,9-/m0/s1. The van der Waals surface area contributed by atoms with Crippen LogP contribution in [0.4, 0.5) is 0 Å². The molecule has 92 valence electrons. The smallest absolute Gasteiger partial charge is 0.209 e. The van der Waals surface area contributed by atoms with Gasteiger partial charge in [-0.05, 0) is 0 Å². The maximum absolute atomic E-state index is 11.4. The van der Waals surface area contributed by atoms with Crippen LogP contribution in [0.15, 0.2) is 0 Å². The van der Waals surface area contributed by atoms with Crippen LogP contribution in [0.25, 0.3) is 0 Å². The molecule has 1 amide bonds. The zero-order chi connectivity index (χ0) is 11.8. The van der Waals surface area contributed by atoms with Crippen LogP contribution < -0.4 is 0 Å². The van der Waals surface area contributed by atoms with Crippen molar-refractivity contribution in [2.75, 3.05) is 37.7 Å². The molecule has 7 heteroatoms. The number of sulfone groups is 1. The van der Waals surface area contributed by atoms with E-state index in [9.17, 15) is 18.3 Å². The van der Waals surface area contributed by atoms with Gasteiger partial charge in [-0.3, -0.25) is 9.69 Å². The Hall–Kier alpha value is -0.660. The maximum Gasteiger partial charge on any atom is 0.209 e. The van der Waals surface area contributed by atoms with Gasteiger partial charge in [-0.1, -0.05) is 0 Å². The first-order chi connectivity index (χ1) is 7.52. The number of hydrogen-bond donors (Lipinski definition) is 1. The van der Waals surface area contributed by atoms with Crippen LogP contribution >= 0.6 is 0 Å². The van der Waals surface area contributed by atoms with E-state index in [1.54, 1.807) is 4.90 Å². The lowest BCUT2D eigenvalue weighted by Gasteiger charge is -2.36. The molecule has 0 aromatic heterocycles. The predicted molar refractivity (Wildman–Crippen MR) is 57.7 cm³/mol. The van der Waals surface area contributed by atoms with Crippen molar-refractivity contribution in [3.63, 3.8) is 0 Å². The van der Waals surface area contributed by atoms with Crippen molar-refractivity contribution in [2.24, 2.45) is 0 Å². The highest BCUT2D eigenvalue weighted by molar-refractivity contribution is 7.91. The van der Waals surface area contributed by atoms with Gasteiger partial charge in [0.2, 0.25) is 6.41 Å². The number of aliphatic hydroxyl groups excluding tert-OH is 1. The van der Waals surface area contributed by atoms with Crippen LogP contribution in [0.2, 0.25) is 0 Å². The van der Waals surface area contributed by atoms with E-state index < -0.39 is 15.9 Å². The number of amides is 1. The second-order valence-corrected chi connectivity index (χ2v) is 6.54. The van der Waals surface area contributed by atoms with Crippen LogP contribution in [-0.4, -0.2) is 79.6 Å². The molecule has 0 radical (unpaired) electrons. The van der Waals surface area contributed by atoms with E-state index in [1.165, 1.54) is 0 Å². The van der Waals surface area contributed by atoms with E-state index in [0.717, 1.165) is 6.41 Å². The molecule has 2 heterocycles. The molecule has 0 saturated carbocycles. The minimum atomic E-state index is -3.09. The number of carbonyl (C=O) groups excluding carboxylic acids is 1. The molecule has 1 N–H and O–H groups in total. The Labute approximate surface area is 94.7 Å². The molecule has 0 aromatic carbocycles. The molecule has 16 heavy (non-hydrogen) atoms. The summed E-state index contributed by atoms with van der Waals surface area (Å²) in [6, 6.07) is -0.293. The summed E-state index contributed by atoms with van der Waals surface area (Å²) in [6.45, 7) is 2.48. The second-order valence-electron chi connectivity index (χ2n) is 4.39. The second kappa shape index (κ2) is 4.31. The van der Waals surface area contributed by atoms with Crippen molar-refractivity contribution in [3.05, 3.63) is 0 Å². The van der Waals surface area contributed by atoms with Gasteiger partial charge >= 0.3 is 0 Å². The Balaban J connectivity index is 1.97. The van der Waals surface area contributed by atoms with Gasteiger partial charge in [-0.25, -0.2) is 8.42 Å². The Kier molecular flexibility index (Phi) is 3.18. The van der Waals surface area contributed by atoms with Crippen molar-refractivity contribution in [3.8, 4) is 0 Å². The third kappa shape index (κ3) is 2.36. The van der Waals surface area contributed by atoms with Crippen LogP contribution in [0, 0.1) is 0 Å². The number of rotatable bonds is 2. The highest BCUT2D eigenvalue weighted by Crippen LogP contribution is 2.19. The summed E-state index contributed by atoms with van der Waals surface area (Å²) < 4.78 is 22.7. The van der Waals surface area contributed by atoms with Crippen molar-refractivity contribution < 1.29 is 18.3 Å². The van der Waals surface area contributed by atoms with Crippen molar-refractivity contribution in [2.45, 2.75) is 12.1 Å². The summed E-state index contributed by atoms with van der Waals surface area (Å²) in [5.74, 6) is -0.0964. The van der Waals surface area contributed by atoms with Gasteiger partial charge in [-0.2, -0.15) is 0 Å². The summed E-state index contributed by atoms with van der Waals surface area (Å²) in [5, 5.41) is 9.70. The quantitative estimate of drug-likeness (QED) is 0.567. The van der Waals surface area contributed by atoms with Crippen LogP contribution in [0.1, 0.15) is 0 Å². The predicted octanol–water partition coefficient (Wildman–Crippen LogP) is -2.08. The molecular formula is C9H16N2O4S. The van der Waals surface area contributed by atoms with E-state index >= 15 is 0 Å². The third-order valence-electron chi connectivity index (χ3n) is 3.26. The normalized spacial score (nSPS) is 35.2. The van der Waals surface area contributed by atoms with Crippen LogP contribution in [-0.2, 0) is 14.6 Å². The molecule has 2 fully saturated rings. The molecular weight excluding hydrogens is 232 g/mol. The summed E-state index contributed by atoms with van der Waals surface area (Å²) in [5.41, 5.74) is 0. The lowest BCUT2D eigenvalue weighted by Crippen LogP contribution is -2.53. The van der Waals surface area contributed by atoms with Crippen molar-refractivity contribution in [1.82, 2.24) is 9.80 Å². The van der Waals surface area contributed by atoms with Gasteiger partial charge in [0, 0.05) is 26.2 Å².